The van der Waals surface area contributed by atoms with E-state index in [4.69, 9.17) is 4.74 Å². The number of anilines is 1. The summed E-state index contributed by atoms with van der Waals surface area (Å²) in [7, 11) is 1.58. The summed E-state index contributed by atoms with van der Waals surface area (Å²) in [5, 5.41) is 7.27. The molecule has 2 amide bonds. The normalized spacial score (nSPS) is 10.9. The van der Waals surface area contributed by atoms with Gasteiger partial charge in [-0.1, -0.05) is 19.9 Å². The molecule has 0 unspecified atom stereocenters. The first-order chi connectivity index (χ1) is 13.5. The first-order valence-corrected chi connectivity index (χ1v) is 10.7. The van der Waals surface area contributed by atoms with Crippen LogP contribution in [0.5, 0.6) is 0 Å². The molecule has 9 heteroatoms. The fourth-order valence-electron chi connectivity index (χ4n) is 2.60. The summed E-state index contributed by atoms with van der Waals surface area (Å²) >= 11 is 4.58. The van der Waals surface area contributed by atoms with Crippen LogP contribution in [0.4, 0.5) is 5.69 Å². The lowest BCUT2D eigenvalue weighted by Crippen LogP contribution is -2.29. The number of nitrogens with zero attached hydrogens (tertiary/aromatic N) is 2. The quantitative estimate of drug-likeness (QED) is 0.522. The second kappa shape index (κ2) is 11.3. The molecule has 0 fully saturated rings. The van der Waals surface area contributed by atoms with Crippen LogP contribution >= 0.6 is 27.3 Å². The number of benzene rings is 1. The minimum absolute atomic E-state index is 0.256. The zero-order valence-corrected chi connectivity index (χ0v) is 18.7. The maximum Gasteiger partial charge on any atom is 0.275 e. The molecule has 1 aromatic carbocycles. The maximum absolute atomic E-state index is 12.7. The monoisotopic (exact) mass is 468 g/mol. The van der Waals surface area contributed by atoms with Crippen molar-refractivity contribution >= 4 is 44.8 Å². The molecule has 0 saturated heterocycles. The van der Waals surface area contributed by atoms with Gasteiger partial charge in [-0.3, -0.25) is 14.5 Å². The van der Waals surface area contributed by atoms with E-state index >= 15 is 0 Å². The number of halogens is 1. The van der Waals surface area contributed by atoms with E-state index in [9.17, 15) is 9.59 Å². The lowest BCUT2D eigenvalue weighted by Gasteiger charge is -2.19. The molecule has 2 N–H and O–H groups in total. The van der Waals surface area contributed by atoms with Gasteiger partial charge >= 0.3 is 0 Å². The Kier molecular flexibility index (Phi) is 9.04. The summed E-state index contributed by atoms with van der Waals surface area (Å²) < 4.78 is 5.62. The van der Waals surface area contributed by atoms with Gasteiger partial charge in [-0.15, -0.1) is 11.3 Å². The Morgan fingerprint density at radius 1 is 1.25 bits per heavy atom. The van der Waals surface area contributed by atoms with Crippen molar-refractivity contribution in [3.63, 3.8) is 0 Å². The third-order valence-corrected chi connectivity index (χ3v) is 5.54. The largest absolute Gasteiger partial charge is 0.383 e. The van der Waals surface area contributed by atoms with Crippen molar-refractivity contribution in [2.45, 2.75) is 20.4 Å². The number of thiazole rings is 1. The van der Waals surface area contributed by atoms with E-state index in [-0.39, 0.29) is 11.8 Å². The van der Waals surface area contributed by atoms with E-state index in [2.05, 4.69) is 50.3 Å². The van der Waals surface area contributed by atoms with Gasteiger partial charge in [-0.05, 0) is 46.7 Å². The van der Waals surface area contributed by atoms with Crippen LogP contribution in [0.1, 0.15) is 40.3 Å². The SMILES string of the molecule is CCN(CC)Cc1ccc(NC(=O)c2csc(Br)n2)c(C(=O)NCCOC)c1. The van der Waals surface area contributed by atoms with Gasteiger partial charge in [-0.2, -0.15) is 0 Å². The number of ether oxygens (including phenoxy) is 1. The molecule has 1 heterocycles. The highest BCUT2D eigenvalue weighted by Gasteiger charge is 2.17. The molecule has 0 spiro atoms. The molecule has 28 heavy (non-hydrogen) atoms. The average molecular weight is 469 g/mol. The Balaban J connectivity index is 2.26. The Morgan fingerprint density at radius 2 is 2.00 bits per heavy atom. The van der Waals surface area contributed by atoms with Crippen LogP contribution < -0.4 is 10.6 Å². The summed E-state index contributed by atoms with van der Waals surface area (Å²) in [4.78, 5) is 31.5. The minimum Gasteiger partial charge on any atom is -0.383 e. The van der Waals surface area contributed by atoms with Crippen molar-refractivity contribution in [1.82, 2.24) is 15.2 Å². The summed E-state index contributed by atoms with van der Waals surface area (Å²) in [5.41, 5.74) is 2.18. The number of hydrogen-bond acceptors (Lipinski definition) is 6. The van der Waals surface area contributed by atoms with Gasteiger partial charge in [-0.25, -0.2) is 4.98 Å². The predicted molar refractivity (Wildman–Crippen MR) is 115 cm³/mol. The minimum atomic E-state index is -0.357. The van der Waals surface area contributed by atoms with Crippen molar-refractivity contribution in [3.8, 4) is 0 Å². The zero-order chi connectivity index (χ0) is 20.5. The number of amides is 2. The molecule has 7 nitrogen and oxygen atoms in total. The van der Waals surface area contributed by atoms with Crippen molar-refractivity contribution in [1.29, 1.82) is 0 Å². The highest BCUT2D eigenvalue weighted by Crippen LogP contribution is 2.21. The average Bonchev–Trinajstić information content (AvgIpc) is 3.13. The highest BCUT2D eigenvalue weighted by molar-refractivity contribution is 9.11. The predicted octanol–water partition coefficient (Wildman–Crippen LogP) is 3.38. The first-order valence-electron chi connectivity index (χ1n) is 9.03. The summed E-state index contributed by atoms with van der Waals surface area (Å²) in [5.74, 6) is -0.613. The van der Waals surface area contributed by atoms with Gasteiger partial charge in [0.1, 0.15) is 5.69 Å². The second-order valence-corrected chi connectivity index (χ2v) is 8.16. The molecule has 2 rings (SSSR count). The Labute approximate surface area is 177 Å². The van der Waals surface area contributed by atoms with Crippen LogP contribution in [0.2, 0.25) is 0 Å². The molecule has 0 saturated carbocycles. The van der Waals surface area contributed by atoms with Crippen LogP contribution in [-0.2, 0) is 11.3 Å². The van der Waals surface area contributed by atoms with E-state index in [1.165, 1.54) is 11.3 Å². The van der Waals surface area contributed by atoms with Crippen molar-refractivity contribution in [2.75, 3.05) is 38.7 Å². The number of rotatable bonds is 10. The molecule has 1 aromatic heterocycles. The molecular formula is C19H25BrN4O3S. The van der Waals surface area contributed by atoms with Crippen LogP contribution in [0.3, 0.4) is 0 Å². The van der Waals surface area contributed by atoms with Crippen molar-refractivity contribution in [3.05, 3.63) is 44.3 Å². The summed E-state index contributed by atoms with van der Waals surface area (Å²) in [6.45, 7) is 7.58. The molecule has 0 aliphatic heterocycles. The Hall–Kier alpha value is -1.81. The van der Waals surface area contributed by atoms with E-state index in [0.717, 1.165) is 25.2 Å². The molecule has 0 radical (unpaired) electrons. The van der Waals surface area contributed by atoms with Gasteiger partial charge in [0.05, 0.1) is 17.9 Å². The van der Waals surface area contributed by atoms with E-state index in [1.807, 2.05) is 12.1 Å². The third-order valence-electron chi connectivity index (χ3n) is 4.18. The van der Waals surface area contributed by atoms with Gasteiger partial charge in [0, 0.05) is 25.6 Å². The van der Waals surface area contributed by atoms with Crippen molar-refractivity contribution < 1.29 is 14.3 Å². The molecule has 0 aliphatic rings. The third kappa shape index (κ3) is 6.37. The summed E-state index contributed by atoms with van der Waals surface area (Å²) in [6, 6.07) is 5.52. The van der Waals surface area contributed by atoms with Crippen molar-refractivity contribution in [2.24, 2.45) is 0 Å². The number of aromatic nitrogens is 1. The Morgan fingerprint density at radius 3 is 2.61 bits per heavy atom. The molecule has 0 aliphatic carbocycles. The van der Waals surface area contributed by atoms with Gasteiger partial charge < -0.3 is 15.4 Å². The molecule has 0 bridgehead atoms. The zero-order valence-electron chi connectivity index (χ0n) is 16.3. The van der Waals surface area contributed by atoms with Crippen LogP contribution in [-0.4, -0.2) is 55.0 Å². The number of carbonyl (C=O) groups is 2. The van der Waals surface area contributed by atoms with E-state index < -0.39 is 0 Å². The number of methoxy groups -OCH3 is 1. The lowest BCUT2D eigenvalue weighted by molar-refractivity contribution is 0.0938. The molecule has 2 aromatic rings. The number of hydrogen-bond donors (Lipinski definition) is 2. The second-order valence-electron chi connectivity index (χ2n) is 6.03. The summed E-state index contributed by atoms with van der Waals surface area (Å²) in [6.07, 6.45) is 0. The standard InChI is InChI=1S/C19H25BrN4O3S/c1-4-24(5-2)11-13-6-7-15(14(10-13)17(25)21-8-9-27-3)22-18(26)16-12-28-19(20)23-16/h6-7,10,12H,4-5,8-9,11H2,1-3H3,(H,21,25)(H,22,26). The molecular weight excluding hydrogens is 444 g/mol. The molecule has 0 atom stereocenters. The van der Waals surface area contributed by atoms with Crippen LogP contribution in [0.15, 0.2) is 27.5 Å². The van der Waals surface area contributed by atoms with Gasteiger partial charge in [0.15, 0.2) is 3.92 Å². The molecule has 152 valence electrons. The van der Waals surface area contributed by atoms with Crippen LogP contribution in [0.25, 0.3) is 0 Å². The fourth-order valence-corrected chi connectivity index (χ4v) is 3.59. The Bertz CT molecular complexity index is 808. The number of nitrogens with one attached hydrogen (secondary N) is 2. The topological polar surface area (TPSA) is 83.6 Å². The van der Waals surface area contributed by atoms with Gasteiger partial charge in [0.25, 0.3) is 11.8 Å². The number of carbonyl (C=O) groups excluding carboxylic acids is 2. The maximum atomic E-state index is 12.7. The van der Waals surface area contributed by atoms with Gasteiger partial charge in [0.2, 0.25) is 0 Å². The highest BCUT2D eigenvalue weighted by atomic mass is 79.9. The fraction of sp³-hybridized carbons (Fsp3) is 0.421. The van der Waals surface area contributed by atoms with E-state index in [1.54, 1.807) is 18.6 Å². The first kappa shape index (κ1) is 22.5. The van der Waals surface area contributed by atoms with E-state index in [0.29, 0.717) is 34.0 Å². The van der Waals surface area contributed by atoms with Crippen LogP contribution in [0, 0.1) is 0 Å². The smallest absolute Gasteiger partial charge is 0.275 e. The lowest BCUT2D eigenvalue weighted by atomic mass is 10.1.